The second-order valence-electron chi connectivity index (χ2n) is 8.71. The third-order valence-corrected chi connectivity index (χ3v) is 6.17. The summed E-state index contributed by atoms with van der Waals surface area (Å²) in [5.41, 5.74) is 3.46. The first-order chi connectivity index (χ1) is 17.5. The molecule has 1 heterocycles. The van der Waals surface area contributed by atoms with E-state index in [0.29, 0.717) is 23.7 Å². The predicted octanol–water partition coefficient (Wildman–Crippen LogP) is 5.29. The van der Waals surface area contributed by atoms with E-state index in [4.69, 9.17) is 9.47 Å². The molecule has 1 aromatic heterocycles. The Kier molecular flexibility index (Phi) is 9.92. The van der Waals surface area contributed by atoms with Crippen LogP contribution in [0, 0.1) is 0 Å². The summed E-state index contributed by atoms with van der Waals surface area (Å²) in [5, 5.41) is 13.1. The maximum absolute atomic E-state index is 12.1. The lowest BCUT2D eigenvalue weighted by atomic mass is 9.99. The molecule has 8 heteroatoms. The van der Waals surface area contributed by atoms with Crippen LogP contribution in [0.5, 0.6) is 11.5 Å². The van der Waals surface area contributed by atoms with Crippen LogP contribution in [-0.4, -0.2) is 54.9 Å². The number of unbranched alkanes of at least 4 members (excludes halogenated alkanes) is 3. The van der Waals surface area contributed by atoms with Crippen molar-refractivity contribution in [2.75, 3.05) is 38.0 Å². The second kappa shape index (κ2) is 13.3. The van der Waals surface area contributed by atoms with Crippen LogP contribution in [0.4, 0.5) is 11.5 Å². The molecular weight excluding hydrogens is 456 g/mol. The van der Waals surface area contributed by atoms with Crippen LogP contribution < -0.4 is 19.7 Å². The fourth-order valence-corrected chi connectivity index (χ4v) is 4.15. The molecule has 3 rings (SSSR count). The van der Waals surface area contributed by atoms with E-state index in [0.717, 1.165) is 41.8 Å². The molecule has 192 valence electrons. The number of nitrogens with zero attached hydrogens (tertiary/aromatic N) is 3. The lowest BCUT2D eigenvalue weighted by Gasteiger charge is -2.23. The molecule has 2 N–H and O–H groups in total. The minimum absolute atomic E-state index is 0.294. The molecule has 3 aromatic rings. The maximum atomic E-state index is 12.1. The van der Waals surface area contributed by atoms with Gasteiger partial charge in [-0.15, -0.1) is 0 Å². The van der Waals surface area contributed by atoms with E-state index >= 15 is 0 Å². The van der Waals surface area contributed by atoms with Gasteiger partial charge in [-0.1, -0.05) is 56.5 Å². The number of hydrogen-bond acceptors (Lipinski definition) is 7. The van der Waals surface area contributed by atoms with E-state index in [1.807, 2.05) is 49.5 Å². The van der Waals surface area contributed by atoms with Gasteiger partial charge in [-0.3, -0.25) is 0 Å². The molecule has 0 aliphatic carbocycles. The monoisotopic (exact) mass is 492 g/mol. The van der Waals surface area contributed by atoms with Crippen molar-refractivity contribution in [3.63, 3.8) is 0 Å². The van der Waals surface area contributed by atoms with Crippen molar-refractivity contribution in [1.29, 1.82) is 0 Å². The summed E-state index contributed by atoms with van der Waals surface area (Å²) in [7, 11) is 5.23. The molecule has 36 heavy (non-hydrogen) atoms. The van der Waals surface area contributed by atoms with Crippen LogP contribution in [0.1, 0.15) is 38.2 Å². The van der Waals surface area contributed by atoms with Crippen LogP contribution in [0.25, 0.3) is 11.1 Å². The van der Waals surface area contributed by atoms with Gasteiger partial charge in [0.05, 0.1) is 31.7 Å². The standard InChI is InChI=1S/C28H36N4O4/c1-5-6-7-8-16-32(2)23-18-29-19-30-27(23)31-22(28(33)34)17-20-12-14-21(15-13-20)26-24(35-3)10-9-11-25(26)36-4/h9-15,18-19,22H,5-8,16-17H2,1-4H3,(H,33,34)(H,29,30,31)/t22-/m0/s1. The minimum Gasteiger partial charge on any atom is -0.496 e. The molecule has 1 atom stereocenters. The Balaban J connectivity index is 1.76. The Morgan fingerprint density at radius 3 is 2.36 bits per heavy atom. The zero-order chi connectivity index (χ0) is 25.9. The first-order valence-corrected chi connectivity index (χ1v) is 12.3. The molecule has 0 fully saturated rings. The van der Waals surface area contributed by atoms with Crippen LogP contribution in [0.15, 0.2) is 55.0 Å². The highest BCUT2D eigenvalue weighted by Gasteiger charge is 2.21. The molecular formula is C28H36N4O4. The molecule has 0 amide bonds. The molecule has 0 saturated heterocycles. The third-order valence-electron chi connectivity index (χ3n) is 6.17. The molecule has 2 aromatic carbocycles. The molecule has 0 saturated carbocycles. The summed E-state index contributed by atoms with van der Waals surface area (Å²) in [6, 6.07) is 12.6. The Morgan fingerprint density at radius 1 is 1.06 bits per heavy atom. The highest BCUT2D eigenvalue weighted by molar-refractivity contribution is 5.80. The third kappa shape index (κ3) is 6.87. The average molecular weight is 493 g/mol. The lowest BCUT2D eigenvalue weighted by Crippen LogP contribution is -2.33. The summed E-state index contributed by atoms with van der Waals surface area (Å²) in [5.74, 6) is 0.996. The summed E-state index contributed by atoms with van der Waals surface area (Å²) < 4.78 is 11.0. The number of nitrogens with one attached hydrogen (secondary N) is 1. The van der Waals surface area contributed by atoms with Crippen molar-refractivity contribution >= 4 is 17.5 Å². The molecule has 0 aliphatic heterocycles. The summed E-state index contributed by atoms with van der Waals surface area (Å²) in [4.78, 5) is 22.7. The Morgan fingerprint density at radius 2 is 1.75 bits per heavy atom. The van der Waals surface area contributed by atoms with Crippen molar-refractivity contribution < 1.29 is 19.4 Å². The molecule has 0 unspecified atom stereocenters. The zero-order valence-corrected chi connectivity index (χ0v) is 21.5. The van der Waals surface area contributed by atoms with Gasteiger partial charge in [-0.25, -0.2) is 14.8 Å². The Hall–Kier alpha value is -3.81. The lowest BCUT2D eigenvalue weighted by molar-refractivity contribution is -0.137. The first-order valence-electron chi connectivity index (χ1n) is 12.3. The van der Waals surface area contributed by atoms with Gasteiger partial charge in [0.2, 0.25) is 0 Å². The normalized spacial score (nSPS) is 11.6. The van der Waals surface area contributed by atoms with Crippen molar-refractivity contribution in [3.05, 3.63) is 60.6 Å². The molecule has 8 nitrogen and oxygen atoms in total. The maximum Gasteiger partial charge on any atom is 0.326 e. The Labute approximate surface area is 213 Å². The first kappa shape index (κ1) is 26.8. The topological polar surface area (TPSA) is 96.8 Å². The van der Waals surface area contributed by atoms with Gasteiger partial charge in [0.15, 0.2) is 5.82 Å². The van der Waals surface area contributed by atoms with Crippen LogP contribution in [0.3, 0.4) is 0 Å². The second-order valence-corrected chi connectivity index (χ2v) is 8.71. The SMILES string of the molecule is CCCCCCN(C)c1cncnc1N[C@@H](Cc1ccc(-c2c(OC)cccc2OC)cc1)C(=O)O. The number of aromatic nitrogens is 2. The largest absolute Gasteiger partial charge is 0.496 e. The number of anilines is 2. The number of carboxylic acids is 1. The number of rotatable bonds is 14. The van der Waals surface area contributed by atoms with Gasteiger partial charge in [0, 0.05) is 20.0 Å². The number of carboxylic acid groups (broad SMARTS) is 1. The Bertz CT molecular complexity index is 1100. The van der Waals surface area contributed by atoms with Crippen molar-refractivity contribution in [2.24, 2.45) is 0 Å². The average Bonchev–Trinajstić information content (AvgIpc) is 2.90. The van der Waals surface area contributed by atoms with Crippen LogP contribution >= 0.6 is 0 Å². The number of hydrogen-bond donors (Lipinski definition) is 2. The van der Waals surface area contributed by atoms with Crippen molar-refractivity contribution in [1.82, 2.24) is 9.97 Å². The van der Waals surface area contributed by atoms with Crippen LogP contribution in [0.2, 0.25) is 0 Å². The number of carbonyl (C=O) groups is 1. The number of methoxy groups -OCH3 is 2. The predicted molar refractivity (Wildman–Crippen MR) is 143 cm³/mol. The summed E-state index contributed by atoms with van der Waals surface area (Å²) in [6.45, 7) is 3.04. The van der Waals surface area contributed by atoms with Gasteiger partial charge in [0.1, 0.15) is 23.9 Å². The molecule has 0 aliphatic rings. The molecule has 0 spiro atoms. The fourth-order valence-electron chi connectivity index (χ4n) is 4.15. The smallest absolute Gasteiger partial charge is 0.326 e. The van der Waals surface area contributed by atoms with E-state index in [1.54, 1.807) is 20.4 Å². The van der Waals surface area contributed by atoms with E-state index in [-0.39, 0.29) is 0 Å². The summed E-state index contributed by atoms with van der Waals surface area (Å²) in [6.07, 6.45) is 8.06. The number of aliphatic carboxylic acids is 1. The van der Waals surface area contributed by atoms with Gasteiger partial charge in [-0.2, -0.15) is 0 Å². The van der Waals surface area contributed by atoms with Crippen molar-refractivity contribution in [3.8, 4) is 22.6 Å². The van der Waals surface area contributed by atoms with E-state index < -0.39 is 12.0 Å². The quantitative estimate of drug-likeness (QED) is 0.293. The minimum atomic E-state index is -0.944. The molecule has 0 bridgehead atoms. The van der Waals surface area contributed by atoms with Gasteiger partial charge >= 0.3 is 5.97 Å². The number of ether oxygens (including phenoxy) is 2. The zero-order valence-electron chi connectivity index (χ0n) is 21.5. The van der Waals surface area contributed by atoms with Gasteiger partial charge in [-0.05, 0) is 29.7 Å². The summed E-state index contributed by atoms with van der Waals surface area (Å²) >= 11 is 0. The fraction of sp³-hybridized carbons (Fsp3) is 0.393. The van der Waals surface area contributed by atoms with Crippen molar-refractivity contribution in [2.45, 2.75) is 45.1 Å². The highest BCUT2D eigenvalue weighted by Crippen LogP contribution is 2.38. The van der Waals surface area contributed by atoms with Crippen LogP contribution in [-0.2, 0) is 11.2 Å². The van der Waals surface area contributed by atoms with Gasteiger partial charge < -0.3 is 24.8 Å². The van der Waals surface area contributed by atoms with E-state index in [1.165, 1.54) is 19.2 Å². The highest BCUT2D eigenvalue weighted by atomic mass is 16.5. The van der Waals surface area contributed by atoms with Gasteiger partial charge in [0.25, 0.3) is 0 Å². The number of benzene rings is 2. The van der Waals surface area contributed by atoms with E-state index in [2.05, 4.69) is 27.1 Å². The van der Waals surface area contributed by atoms with E-state index in [9.17, 15) is 9.90 Å². The molecule has 0 radical (unpaired) electrons.